The van der Waals surface area contributed by atoms with Gasteiger partial charge in [-0.15, -0.1) is 0 Å². The molecule has 1 amide bonds. The highest BCUT2D eigenvalue weighted by molar-refractivity contribution is 6.42. The Morgan fingerprint density at radius 3 is 2.50 bits per heavy atom. The summed E-state index contributed by atoms with van der Waals surface area (Å²) in [6.45, 7) is 7.92. The number of carbonyl (C=O) groups is 1. The van der Waals surface area contributed by atoms with Crippen molar-refractivity contribution in [3.8, 4) is 0 Å². The molecule has 1 aliphatic carbocycles. The van der Waals surface area contributed by atoms with Crippen LogP contribution in [0.15, 0.2) is 18.2 Å². The molecule has 0 aliphatic heterocycles. The minimum Gasteiger partial charge on any atom is -0.450 e. The summed E-state index contributed by atoms with van der Waals surface area (Å²) in [7, 11) is 0. The first-order valence-corrected chi connectivity index (χ1v) is 10.2. The van der Waals surface area contributed by atoms with E-state index in [4.69, 9.17) is 27.9 Å². The smallest absolute Gasteiger partial charge is 0.407 e. The molecule has 1 aromatic carbocycles. The van der Waals surface area contributed by atoms with E-state index in [1.807, 2.05) is 12.1 Å². The van der Waals surface area contributed by atoms with Crippen molar-refractivity contribution in [2.24, 2.45) is 5.92 Å². The minimum absolute atomic E-state index is 0.0857. The second kappa shape index (κ2) is 9.82. The summed E-state index contributed by atoms with van der Waals surface area (Å²) in [6.07, 6.45) is 4.20. The molecule has 1 aromatic rings. The SMILES string of the molecule is CCOC(=O)NCCN[C@H](CC(C)C)C1(c2ccc(Cl)c(Cl)c2)CCC1. The largest absolute Gasteiger partial charge is 0.450 e. The average Bonchev–Trinajstić information content (AvgIpc) is 2.53. The maximum atomic E-state index is 11.4. The fourth-order valence-corrected chi connectivity index (χ4v) is 4.07. The van der Waals surface area contributed by atoms with Crippen LogP contribution in [0.2, 0.25) is 10.0 Å². The first-order valence-electron chi connectivity index (χ1n) is 9.48. The monoisotopic (exact) mass is 400 g/mol. The maximum Gasteiger partial charge on any atom is 0.407 e. The second-order valence-electron chi connectivity index (χ2n) is 7.42. The third kappa shape index (κ3) is 5.28. The van der Waals surface area contributed by atoms with Crippen molar-refractivity contribution in [3.05, 3.63) is 33.8 Å². The molecule has 0 spiro atoms. The van der Waals surface area contributed by atoms with Gasteiger partial charge in [-0.2, -0.15) is 0 Å². The number of benzene rings is 1. The van der Waals surface area contributed by atoms with Crippen molar-refractivity contribution < 1.29 is 9.53 Å². The van der Waals surface area contributed by atoms with Gasteiger partial charge in [0.05, 0.1) is 16.7 Å². The van der Waals surface area contributed by atoms with Crippen LogP contribution in [0.3, 0.4) is 0 Å². The fraction of sp³-hybridized carbons (Fsp3) is 0.650. The lowest BCUT2D eigenvalue weighted by Gasteiger charge is -2.49. The lowest BCUT2D eigenvalue weighted by atomic mass is 9.59. The van der Waals surface area contributed by atoms with Crippen molar-refractivity contribution in [3.63, 3.8) is 0 Å². The zero-order valence-corrected chi connectivity index (χ0v) is 17.4. The molecular formula is C20H30Cl2N2O2. The van der Waals surface area contributed by atoms with Crippen molar-refractivity contribution >= 4 is 29.3 Å². The number of halogens is 2. The summed E-state index contributed by atoms with van der Waals surface area (Å²) in [6, 6.07) is 6.36. The van der Waals surface area contributed by atoms with Gasteiger partial charge in [-0.25, -0.2) is 4.79 Å². The van der Waals surface area contributed by atoms with E-state index < -0.39 is 0 Å². The molecule has 1 fully saturated rings. The molecule has 146 valence electrons. The number of rotatable bonds is 9. The van der Waals surface area contributed by atoms with E-state index in [0.717, 1.165) is 19.3 Å². The van der Waals surface area contributed by atoms with E-state index >= 15 is 0 Å². The van der Waals surface area contributed by atoms with Crippen LogP contribution in [-0.4, -0.2) is 31.8 Å². The quantitative estimate of drug-likeness (QED) is 0.562. The first kappa shape index (κ1) is 21.3. The minimum atomic E-state index is -0.363. The summed E-state index contributed by atoms with van der Waals surface area (Å²) in [4.78, 5) is 11.4. The Kier molecular flexibility index (Phi) is 8.05. The van der Waals surface area contributed by atoms with Crippen LogP contribution in [0, 0.1) is 5.92 Å². The molecule has 6 heteroatoms. The highest BCUT2D eigenvalue weighted by Crippen LogP contribution is 2.48. The maximum absolute atomic E-state index is 11.4. The number of carbonyl (C=O) groups excluding carboxylic acids is 1. The molecule has 1 saturated carbocycles. The van der Waals surface area contributed by atoms with Gasteiger partial charge in [-0.3, -0.25) is 0 Å². The summed E-state index contributed by atoms with van der Waals surface area (Å²) in [5, 5.41) is 7.66. The number of alkyl carbamates (subject to hydrolysis) is 1. The number of hydrogen-bond donors (Lipinski definition) is 2. The lowest BCUT2D eigenvalue weighted by molar-refractivity contribution is 0.145. The molecule has 1 aliphatic rings. The third-order valence-electron chi connectivity index (χ3n) is 5.17. The van der Waals surface area contributed by atoms with Gasteiger partial charge >= 0.3 is 6.09 Å². The van der Waals surface area contributed by atoms with E-state index in [2.05, 4.69) is 30.5 Å². The molecule has 0 saturated heterocycles. The van der Waals surface area contributed by atoms with Crippen LogP contribution >= 0.6 is 23.2 Å². The van der Waals surface area contributed by atoms with Gasteiger partial charge in [0, 0.05) is 24.5 Å². The molecule has 1 atom stereocenters. The Labute approximate surface area is 167 Å². The number of nitrogens with one attached hydrogen (secondary N) is 2. The van der Waals surface area contributed by atoms with Gasteiger partial charge in [0.2, 0.25) is 0 Å². The van der Waals surface area contributed by atoms with E-state index in [1.54, 1.807) is 6.92 Å². The van der Waals surface area contributed by atoms with E-state index in [1.165, 1.54) is 12.0 Å². The Bertz CT molecular complexity index is 603. The van der Waals surface area contributed by atoms with Gasteiger partial charge in [-0.1, -0.05) is 49.5 Å². The predicted molar refractivity (Wildman–Crippen MR) is 108 cm³/mol. The van der Waals surface area contributed by atoms with Crippen LogP contribution < -0.4 is 10.6 Å². The lowest BCUT2D eigenvalue weighted by Crippen LogP contribution is -2.54. The highest BCUT2D eigenvalue weighted by Gasteiger charge is 2.45. The van der Waals surface area contributed by atoms with E-state index in [9.17, 15) is 4.79 Å². The number of hydrogen-bond acceptors (Lipinski definition) is 3. The van der Waals surface area contributed by atoms with Crippen LogP contribution in [-0.2, 0) is 10.2 Å². The predicted octanol–water partition coefficient (Wildman–Crippen LogP) is 5.17. The van der Waals surface area contributed by atoms with Crippen LogP contribution in [0.1, 0.15) is 52.0 Å². The summed E-state index contributed by atoms with van der Waals surface area (Å²) in [5.74, 6) is 0.575. The zero-order valence-electron chi connectivity index (χ0n) is 15.9. The standard InChI is InChI=1S/C20H30Cl2N2O2/c1-4-26-19(25)24-11-10-23-18(12-14(2)3)20(8-5-9-20)15-6-7-16(21)17(22)13-15/h6-7,13-14,18,23H,4-5,8-12H2,1-3H3,(H,24,25)/t18-/m1/s1. The Morgan fingerprint density at radius 1 is 1.23 bits per heavy atom. The van der Waals surface area contributed by atoms with Gasteiger partial charge in [0.25, 0.3) is 0 Å². The molecule has 4 nitrogen and oxygen atoms in total. The van der Waals surface area contributed by atoms with Gasteiger partial charge < -0.3 is 15.4 Å². The molecule has 0 radical (unpaired) electrons. The van der Waals surface area contributed by atoms with Crippen molar-refractivity contribution in [2.45, 2.75) is 57.9 Å². The number of ether oxygens (including phenoxy) is 1. The van der Waals surface area contributed by atoms with Crippen molar-refractivity contribution in [1.29, 1.82) is 0 Å². The summed E-state index contributed by atoms with van der Waals surface area (Å²) >= 11 is 12.4. The molecule has 2 N–H and O–H groups in total. The van der Waals surface area contributed by atoms with Crippen LogP contribution in [0.5, 0.6) is 0 Å². The van der Waals surface area contributed by atoms with E-state index in [0.29, 0.717) is 41.7 Å². The molecule has 0 aromatic heterocycles. The molecule has 2 rings (SSSR count). The molecule has 0 heterocycles. The summed E-state index contributed by atoms with van der Waals surface area (Å²) < 4.78 is 4.90. The number of amides is 1. The average molecular weight is 401 g/mol. The van der Waals surface area contributed by atoms with Crippen LogP contribution in [0.25, 0.3) is 0 Å². The molecule has 26 heavy (non-hydrogen) atoms. The van der Waals surface area contributed by atoms with Crippen LogP contribution in [0.4, 0.5) is 4.79 Å². The third-order valence-corrected chi connectivity index (χ3v) is 5.91. The Morgan fingerprint density at radius 2 is 1.96 bits per heavy atom. The van der Waals surface area contributed by atoms with Gasteiger partial charge in [0.15, 0.2) is 0 Å². The van der Waals surface area contributed by atoms with Gasteiger partial charge in [0.1, 0.15) is 0 Å². The van der Waals surface area contributed by atoms with Gasteiger partial charge in [-0.05, 0) is 49.8 Å². The topological polar surface area (TPSA) is 50.4 Å². The molecule has 0 bridgehead atoms. The Hall–Kier alpha value is -0.970. The molecular weight excluding hydrogens is 371 g/mol. The normalized spacial score (nSPS) is 16.8. The fourth-order valence-electron chi connectivity index (χ4n) is 3.77. The highest BCUT2D eigenvalue weighted by atomic mass is 35.5. The van der Waals surface area contributed by atoms with Crippen molar-refractivity contribution in [2.75, 3.05) is 19.7 Å². The first-order chi connectivity index (χ1) is 12.4. The van der Waals surface area contributed by atoms with Crippen molar-refractivity contribution in [1.82, 2.24) is 10.6 Å². The summed E-state index contributed by atoms with van der Waals surface area (Å²) in [5.41, 5.74) is 1.34. The second-order valence-corrected chi connectivity index (χ2v) is 8.24. The zero-order chi connectivity index (χ0) is 19.2. The molecule has 0 unspecified atom stereocenters. The van der Waals surface area contributed by atoms with E-state index in [-0.39, 0.29) is 11.5 Å². The Balaban J connectivity index is 2.07.